The summed E-state index contributed by atoms with van der Waals surface area (Å²) >= 11 is 0. The van der Waals surface area contributed by atoms with Gasteiger partial charge in [0.2, 0.25) is 0 Å². The standard InChI is InChI=1S/C28H31NO6/c30-17-24-27(34-19-22-12-6-2-7-13-22)26(31)25(33-18-21-10-4-1-5-11-21)16-29(24)28(32)35-20-23-14-8-3-9-15-23/h1-15,24-27,30-31H,16-20H2/t24-,25+,26-,27-/m1/s1. The monoisotopic (exact) mass is 477 g/mol. The molecule has 0 radical (unpaired) electrons. The van der Waals surface area contributed by atoms with E-state index in [1.54, 1.807) is 0 Å². The molecule has 184 valence electrons. The second-order valence-electron chi connectivity index (χ2n) is 8.53. The van der Waals surface area contributed by atoms with E-state index >= 15 is 0 Å². The van der Waals surface area contributed by atoms with E-state index in [-0.39, 0.29) is 33.0 Å². The lowest BCUT2D eigenvalue weighted by Gasteiger charge is -2.45. The molecule has 0 saturated carbocycles. The summed E-state index contributed by atoms with van der Waals surface area (Å²) in [6.45, 7) is 0.268. The van der Waals surface area contributed by atoms with Gasteiger partial charge in [-0.05, 0) is 16.7 Å². The van der Waals surface area contributed by atoms with E-state index in [9.17, 15) is 15.0 Å². The predicted molar refractivity (Wildman–Crippen MR) is 130 cm³/mol. The molecule has 0 aliphatic carbocycles. The van der Waals surface area contributed by atoms with Gasteiger partial charge < -0.3 is 24.4 Å². The SMILES string of the molecule is O=C(OCc1ccccc1)N1C[C@H](OCc2ccccc2)[C@@H](O)[C@H](OCc2ccccc2)[C@H]1CO. The molecule has 2 N–H and O–H groups in total. The summed E-state index contributed by atoms with van der Waals surface area (Å²) in [6.07, 6.45) is -3.22. The van der Waals surface area contributed by atoms with E-state index < -0.39 is 30.4 Å². The number of hydrogen-bond acceptors (Lipinski definition) is 6. The molecule has 0 unspecified atom stereocenters. The zero-order valence-corrected chi connectivity index (χ0v) is 19.5. The van der Waals surface area contributed by atoms with E-state index in [0.29, 0.717) is 0 Å². The van der Waals surface area contributed by atoms with Gasteiger partial charge in [-0.2, -0.15) is 0 Å². The molecule has 0 spiro atoms. The van der Waals surface area contributed by atoms with Crippen LogP contribution in [0.3, 0.4) is 0 Å². The Kier molecular flexibility index (Phi) is 8.86. The minimum Gasteiger partial charge on any atom is -0.445 e. The second kappa shape index (κ2) is 12.5. The number of aliphatic hydroxyl groups is 2. The predicted octanol–water partition coefficient (Wildman–Crippen LogP) is 3.53. The third-order valence-electron chi connectivity index (χ3n) is 6.09. The van der Waals surface area contributed by atoms with Crippen molar-refractivity contribution in [3.05, 3.63) is 108 Å². The maximum Gasteiger partial charge on any atom is 0.410 e. The molecule has 35 heavy (non-hydrogen) atoms. The first-order valence-corrected chi connectivity index (χ1v) is 11.7. The molecule has 0 aromatic heterocycles. The maximum absolute atomic E-state index is 13.1. The van der Waals surface area contributed by atoms with Gasteiger partial charge in [-0.25, -0.2) is 4.79 Å². The Labute approximate surface area is 205 Å². The Hall–Kier alpha value is -3.23. The van der Waals surface area contributed by atoms with E-state index in [2.05, 4.69) is 0 Å². The summed E-state index contributed by atoms with van der Waals surface area (Å²) < 4.78 is 17.6. The Balaban J connectivity index is 1.49. The van der Waals surface area contributed by atoms with Gasteiger partial charge in [0.1, 0.15) is 24.9 Å². The summed E-state index contributed by atoms with van der Waals surface area (Å²) in [4.78, 5) is 14.5. The lowest BCUT2D eigenvalue weighted by atomic mass is 9.94. The van der Waals surface area contributed by atoms with Gasteiger partial charge in [-0.15, -0.1) is 0 Å². The van der Waals surface area contributed by atoms with Crippen LogP contribution in [0.15, 0.2) is 91.0 Å². The second-order valence-corrected chi connectivity index (χ2v) is 8.53. The lowest BCUT2D eigenvalue weighted by Crippen LogP contribution is -2.65. The van der Waals surface area contributed by atoms with Crippen LogP contribution in [0, 0.1) is 0 Å². The van der Waals surface area contributed by atoms with Gasteiger partial charge in [0.25, 0.3) is 0 Å². The molecule has 4 rings (SSSR count). The first-order valence-electron chi connectivity index (χ1n) is 11.7. The maximum atomic E-state index is 13.1. The number of carbonyl (C=O) groups is 1. The molecule has 1 aliphatic heterocycles. The Morgan fingerprint density at radius 3 is 1.77 bits per heavy atom. The van der Waals surface area contributed by atoms with Crippen molar-refractivity contribution < 1.29 is 29.2 Å². The number of benzene rings is 3. The van der Waals surface area contributed by atoms with Gasteiger partial charge in [-0.1, -0.05) is 91.0 Å². The molecule has 1 aliphatic rings. The number of carbonyl (C=O) groups excluding carboxylic acids is 1. The van der Waals surface area contributed by atoms with E-state index in [4.69, 9.17) is 14.2 Å². The van der Waals surface area contributed by atoms with Crippen LogP contribution in [-0.4, -0.2) is 58.7 Å². The molecular formula is C28H31NO6. The van der Waals surface area contributed by atoms with E-state index in [1.165, 1.54) is 4.90 Å². The first-order chi connectivity index (χ1) is 17.2. The van der Waals surface area contributed by atoms with Gasteiger partial charge in [-0.3, -0.25) is 4.90 Å². The highest BCUT2D eigenvalue weighted by molar-refractivity contribution is 5.68. The van der Waals surface area contributed by atoms with Gasteiger partial charge >= 0.3 is 6.09 Å². The summed E-state index contributed by atoms with van der Waals surface area (Å²) in [7, 11) is 0. The molecule has 4 atom stereocenters. The van der Waals surface area contributed by atoms with Crippen molar-refractivity contribution in [3.63, 3.8) is 0 Å². The molecule has 1 heterocycles. The van der Waals surface area contributed by atoms with Crippen LogP contribution in [-0.2, 0) is 34.0 Å². The fourth-order valence-electron chi connectivity index (χ4n) is 4.17. The zero-order chi connectivity index (χ0) is 24.5. The number of piperidine rings is 1. The van der Waals surface area contributed by atoms with Crippen LogP contribution in [0.2, 0.25) is 0 Å². The number of hydrogen-bond donors (Lipinski definition) is 2. The van der Waals surface area contributed by atoms with Gasteiger partial charge in [0.15, 0.2) is 0 Å². The third-order valence-corrected chi connectivity index (χ3v) is 6.09. The van der Waals surface area contributed by atoms with E-state index in [1.807, 2.05) is 91.0 Å². The van der Waals surface area contributed by atoms with Crippen LogP contribution in [0.5, 0.6) is 0 Å². The van der Waals surface area contributed by atoms with E-state index in [0.717, 1.165) is 16.7 Å². The largest absolute Gasteiger partial charge is 0.445 e. The quantitative estimate of drug-likeness (QED) is 0.490. The smallest absolute Gasteiger partial charge is 0.410 e. The van der Waals surface area contributed by atoms with Crippen molar-refractivity contribution in [2.75, 3.05) is 13.2 Å². The van der Waals surface area contributed by atoms with Crippen LogP contribution in [0.25, 0.3) is 0 Å². The highest BCUT2D eigenvalue weighted by Crippen LogP contribution is 2.26. The topological polar surface area (TPSA) is 88.5 Å². The summed E-state index contributed by atoms with van der Waals surface area (Å²) in [6, 6.07) is 27.7. The Morgan fingerprint density at radius 2 is 1.26 bits per heavy atom. The molecule has 3 aromatic rings. The average Bonchev–Trinajstić information content (AvgIpc) is 2.91. The molecule has 7 nitrogen and oxygen atoms in total. The minimum atomic E-state index is -1.04. The average molecular weight is 478 g/mol. The molecule has 0 bridgehead atoms. The highest BCUT2D eigenvalue weighted by Gasteiger charge is 2.46. The summed E-state index contributed by atoms with van der Waals surface area (Å²) in [5.74, 6) is 0. The van der Waals surface area contributed by atoms with Gasteiger partial charge in [0.05, 0.1) is 32.4 Å². The van der Waals surface area contributed by atoms with Crippen LogP contribution in [0.1, 0.15) is 16.7 Å². The fourth-order valence-corrected chi connectivity index (χ4v) is 4.17. The number of likely N-dealkylation sites (tertiary alicyclic amines) is 1. The van der Waals surface area contributed by atoms with Crippen molar-refractivity contribution in [2.24, 2.45) is 0 Å². The molecule has 3 aromatic carbocycles. The first kappa shape index (κ1) is 24.9. The van der Waals surface area contributed by atoms with Crippen molar-refractivity contribution in [1.82, 2.24) is 4.90 Å². The fraction of sp³-hybridized carbons (Fsp3) is 0.321. The minimum absolute atomic E-state index is 0.0675. The number of amides is 1. The summed E-state index contributed by atoms with van der Waals surface area (Å²) in [5.41, 5.74) is 2.72. The van der Waals surface area contributed by atoms with Crippen LogP contribution in [0.4, 0.5) is 4.79 Å². The number of ether oxygens (including phenoxy) is 3. The van der Waals surface area contributed by atoms with Crippen molar-refractivity contribution in [3.8, 4) is 0 Å². The Morgan fingerprint density at radius 1 is 0.771 bits per heavy atom. The molecule has 1 amide bonds. The zero-order valence-electron chi connectivity index (χ0n) is 19.5. The number of aliphatic hydroxyl groups excluding tert-OH is 2. The number of rotatable bonds is 9. The molecule has 1 saturated heterocycles. The lowest BCUT2D eigenvalue weighted by molar-refractivity contribution is -0.181. The highest BCUT2D eigenvalue weighted by atomic mass is 16.6. The molecule has 1 fully saturated rings. The number of nitrogens with zero attached hydrogens (tertiary/aromatic N) is 1. The molecular weight excluding hydrogens is 446 g/mol. The van der Waals surface area contributed by atoms with Crippen molar-refractivity contribution in [2.45, 2.75) is 44.2 Å². The normalized spacial score (nSPS) is 22.1. The summed E-state index contributed by atoms with van der Waals surface area (Å²) in [5, 5.41) is 21.3. The van der Waals surface area contributed by atoms with Crippen molar-refractivity contribution >= 4 is 6.09 Å². The Bertz CT molecular complexity index is 1030. The van der Waals surface area contributed by atoms with Crippen LogP contribution < -0.4 is 0 Å². The van der Waals surface area contributed by atoms with Gasteiger partial charge in [0, 0.05) is 0 Å². The van der Waals surface area contributed by atoms with Crippen LogP contribution >= 0.6 is 0 Å². The molecule has 7 heteroatoms. The van der Waals surface area contributed by atoms with Crippen molar-refractivity contribution in [1.29, 1.82) is 0 Å². The third kappa shape index (κ3) is 6.68.